The predicted molar refractivity (Wildman–Crippen MR) is 70.3 cm³/mol. The average molecular weight is 377 g/mol. The molecule has 0 aromatic heterocycles. The molecule has 0 unspecified atom stereocenters. The molecule has 1 aromatic carbocycles. The van der Waals surface area contributed by atoms with Gasteiger partial charge in [0, 0.05) is 20.7 Å². The van der Waals surface area contributed by atoms with Crippen LogP contribution < -0.4 is 5.32 Å². The van der Waals surface area contributed by atoms with Crippen molar-refractivity contribution < 1.29 is 22.0 Å². The molecule has 0 aliphatic carbocycles. The second kappa shape index (κ2) is 6.15. The quantitative estimate of drug-likeness (QED) is 0.822. The van der Waals surface area contributed by atoms with Crippen LogP contribution in [-0.2, 0) is 9.05 Å². The second-order valence-corrected chi connectivity index (χ2v) is 7.04. The van der Waals surface area contributed by atoms with Gasteiger partial charge in [-0.3, -0.25) is 4.79 Å². The van der Waals surface area contributed by atoms with Crippen LogP contribution in [0, 0.1) is 6.92 Å². The summed E-state index contributed by atoms with van der Waals surface area (Å²) in [5.74, 6) is -0.791. The van der Waals surface area contributed by atoms with Crippen LogP contribution in [0.25, 0.3) is 0 Å². The molecule has 0 radical (unpaired) electrons. The van der Waals surface area contributed by atoms with Crippen LogP contribution in [0.5, 0.6) is 0 Å². The lowest BCUT2D eigenvalue weighted by Crippen LogP contribution is -2.29. The number of nitrogens with one attached hydrogen (secondary N) is 1. The maximum atomic E-state index is 12.0. The van der Waals surface area contributed by atoms with Crippen molar-refractivity contribution in [2.24, 2.45) is 0 Å². The monoisotopic (exact) mass is 375 g/mol. The molecule has 0 bridgehead atoms. The minimum absolute atomic E-state index is 0.0331. The number of alkyl halides is 2. The van der Waals surface area contributed by atoms with Crippen molar-refractivity contribution in [2.75, 3.05) is 6.54 Å². The van der Waals surface area contributed by atoms with Crippen molar-refractivity contribution in [2.45, 2.75) is 18.2 Å². The first kappa shape index (κ1) is 16.3. The van der Waals surface area contributed by atoms with E-state index >= 15 is 0 Å². The largest absolute Gasteiger partial charge is 0.346 e. The number of hydrogen-bond donors (Lipinski definition) is 1. The highest BCUT2D eigenvalue weighted by Crippen LogP contribution is 2.26. The molecule has 0 fully saturated rings. The topological polar surface area (TPSA) is 63.2 Å². The molecule has 1 rings (SSSR count). The zero-order valence-electron chi connectivity index (χ0n) is 9.58. The number of benzene rings is 1. The van der Waals surface area contributed by atoms with Crippen LogP contribution in [-0.4, -0.2) is 27.3 Å². The third kappa shape index (κ3) is 4.39. The fourth-order valence-electron chi connectivity index (χ4n) is 1.30. The van der Waals surface area contributed by atoms with Gasteiger partial charge in [0.05, 0.1) is 11.4 Å². The fraction of sp³-hybridized carbons (Fsp3) is 0.300. The molecule has 1 amide bonds. The van der Waals surface area contributed by atoms with Gasteiger partial charge in [-0.25, -0.2) is 17.2 Å². The highest BCUT2D eigenvalue weighted by molar-refractivity contribution is 9.10. The summed E-state index contributed by atoms with van der Waals surface area (Å²) in [7, 11) is 1.17. The average Bonchev–Trinajstić information content (AvgIpc) is 2.27. The van der Waals surface area contributed by atoms with E-state index in [4.69, 9.17) is 10.7 Å². The van der Waals surface area contributed by atoms with Crippen LogP contribution in [0.3, 0.4) is 0 Å². The first-order valence-electron chi connectivity index (χ1n) is 4.94. The van der Waals surface area contributed by atoms with Gasteiger partial charge in [0.2, 0.25) is 0 Å². The Morgan fingerprint density at radius 3 is 2.53 bits per heavy atom. The molecule has 0 saturated carbocycles. The number of rotatable bonds is 4. The number of amides is 1. The third-order valence-corrected chi connectivity index (χ3v) is 4.42. The Labute approximate surface area is 121 Å². The van der Waals surface area contributed by atoms with Gasteiger partial charge in [0.1, 0.15) is 0 Å². The number of carbonyl (C=O) groups is 1. The van der Waals surface area contributed by atoms with Gasteiger partial charge in [0.25, 0.3) is 21.4 Å². The number of carbonyl (C=O) groups excluding carboxylic acids is 1. The van der Waals surface area contributed by atoms with Crippen molar-refractivity contribution in [1.29, 1.82) is 0 Å². The Kier molecular flexibility index (Phi) is 5.28. The van der Waals surface area contributed by atoms with Crippen molar-refractivity contribution in [3.05, 3.63) is 27.7 Å². The molecule has 1 N–H and O–H groups in total. The summed E-state index contributed by atoms with van der Waals surface area (Å²) in [6.45, 7) is 0.736. The molecule has 19 heavy (non-hydrogen) atoms. The second-order valence-electron chi connectivity index (χ2n) is 3.62. The Balaban J connectivity index is 3.20. The number of hydrogen-bond acceptors (Lipinski definition) is 3. The predicted octanol–water partition coefficient (Wildman–Crippen LogP) is 2.68. The SMILES string of the molecule is Cc1c(Br)cc(S(=O)(=O)Cl)cc1C(=O)NCC(F)F. The van der Waals surface area contributed by atoms with Crippen molar-refractivity contribution in [3.8, 4) is 0 Å². The Hall–Kier alpha value is -0.730. The van der Waals surface area contributed by atoms with Gasteiger partial charge in [-0.05, 0) is 24.6 Å². The van der Waals surface area contributed by atoms with E-state index < -0.39 is 27.9 Å². The number of halogens is 4. The highest BCUT2D eigenvalue weighted by atomic mass is 79.9. The van der Waals surface area contributed by atoms with E-state index in [1.165, 1.54) is 6.07 Å². The van der Waals surface area contributed by atoms with E-state index in [9.17, 15) is 22.0 Å². The Morgan fingerprint density at radius 2 is 2.05 bits per heavy atom. The molecule has 0 saturated heterocycles. The van der Waals surface area contributed by atoms with Gasteiger partial charge >= 0.3 is 0 Å². The highest BCUT2D eigenvalue weighted by Gasteiger charge is 2.19. The van der Waals surface area contributed by atoms with Gasteiger partial charge in [-0.15, -0.1) is 0 Å². The van der Waals surface area contributed by atoms with Crippen LogP contribution >= 0.6 is 26.6 Å². The van der Waals surface area contributed by atoms with Gasteiger partial charge in [0.15, 0.2) is 0 Å². The van der Waals surface area contributed by atoms with Crippen LogP contribution in [0.2, 0.25) is 0 Å². The van der Waals surface area contributed by atoms with E-state index in [2.05, 4.69) is 15.9 Å². The van der Waals surface area contributed by atoms with Gasteiger partial charge in [-0.2, -0.15) is 0 Å². The minimum Gasteiger partial charge on any atom is -0.346 e. The molecule has 0 aliphatic rings. The van der Waals surface area contributed by atoms with E-state index in [1.807, 2.05) is 5.32 Å². The molecule has 106 valence electrons. The molecule has 0 spiro atoms. The van der Waals surface area contributed by atoms with Crippen molar-refractivity contribution in [1.82, 2.24) is 5.32 Å². The summed E-state index contributed by atoms with van der Waals surface area (Å²) in [6, 6.07) is 2.28. The van der Waals surface area contributed by atoms with Crippen molar-refractivity contribution >= 4 is 41.6 Å². The molecule has 0 aliphatic heterocycles. The molecule has 0 heterocycles. The lowest BCUT2D eigenvalue weighted by molar-refractivity contribution is 0.0891. The van der Waals surface area contributed by atoms with Gasteiger partial charge < -0.3 is 5.32 Å². The van der Waals surface area contributed by atoms with Crippen molar-refractivity contribution in [3.63, 3.8) is 0 Å². The third-order valence-electron chi connectivity index (χ3n) is 2.26. The molecule has 1 aromatic rings. The maximum absolute atomic E-state index is 12.0. The standard InChI is InChI=1S/C10H9BrClF2NO3S/c1-5-7(10(16)15-4-9(13)14)2-6(3-8(5)11)19(12,17)18/h2-3,9H,4H2,1H3,(H,15,16). The summed E-state index contributed by atoms with van der Waals surface area (Å²) >= 11 is 3.09. The smallest absolute Gasteiger partial charge is 0.261 e. The van der Waals surface area contributed by atoms with E-state index in [0.29, 0.717) is 10.0 Å². The van der Waals surface area contributed by atoms with Crippen LogP contribution in [0.4, 0.5) is 8.78 Å². The normalized spacial score (nSPS) is 11.7. The minimum atomic E-state index is -4.02. The first-order chi connectivity index (χ1) is 8.62. The summed E-state index contributed by atoms with van der Waals surface area (Å²) in [4.78, 5) is 11.4. The lowest BCUT2D eigenvalue weighted by atomic mass is 10.1. The molecule has 9 heteroatoms. The zero-order valence-corrected chi connectivity index (χ0v) is 12.7. The van der Waals surface area contributed by atoms with Gasteiger partial charge in [-0.1, -0.05) is 15.9 Å². The summed E-state index contributed by atoms with van der Waals surface area (Å²) < 4.78 is 46.8. The summed E-state index contributed by atoms with van der Waals surface area (Å²) in [5.41, 5.74) is 0.394. The molecule has 0 atom stereocenters. The first-order valence-corrected chi connectivity index (χ1v) is 8.04. The zero-order chi connectivity index (χ0) is 14.8. The van der Waals surface area contributed by atoms with E-state index in [1.54, 1.807) is 6.92 Å². The Morgan fingerprint density at radius 1 is 1.47 bits per heavy atom. The lowest BCUT2D eigenvalue weighted by Gasteiger charge is -2.10. The fourth-order valence-corrected chi connectivity index (χ4v) is 2.69. The van der Waals surface area contributed by atoms with Crippen LogP contribution in [0.1, 0.15) is 15.9 Å². The van der Waals surface area contributed by atoms with Crippen LogP contribution in [0.15, 0.2) is 21.5 Å². The molecular formula is C10H9BrClF2NO3S. The molecule has 4 nitrogen and oxygen atoms in total. The summed E-state index contributed by atoms with van der Waals surface area (Å²) in [6.07, 6.45) is -2.69. The van der Waals surface area contributed by atoms with E-state index in [0.717, 1.165) is 6.07 Å². The van der Waals surface area contributed by atoms with E-state index in [-0.39, 0.29) is 10.5 Å². The summed E-state index contributed by atoms with van der Waals surface area (Å²) in [5, 5.41) is 2.00. The maximum Gasteiger partial charge on any atom is 0.261 e. The Bertz CT molecular complexity index is 607. The molecular weight excluding hydrogens is 368 g/mol.